The Balaban J connectivity index is 1.35. The van der Waals surface area contributed by atoms with Crippen LogP contribution in [0.4, 0.5) is 24.5 Å². The van der Waals surface area contributed by atoms with Crippen LogP contribution in [0.2, 0.25) is 0 Å². The van der Waals surface area contributed by atoms with Crippen LogP contribution in [0.3, 0.4) is 0 Å². The number of carbonyl (C=O) groups excluding carboxylic acids is 2. The van der Waals surface area contributed by atoms with Crippen molar-refractivity contribution in [3.63, 3.8) is 0 Å². The number of hydrogen-bond donors (Lipinski definition) is 2. The van der Waals surface area contributed by atoms with Crippen molar-refractivity contribution in [2.24, 2.45) is 0 Å². The molecule has 9 heteroatoms. The molecule has 0 spiro atoms. The fraction of sp³-hybridized carbons (Fsp3) is 0.121. The third-order valence-corrected chi connectivity index (χ3v) is 7.84. The molecule has 5 nitrogen and oxygen atoms in total. The summed E-state index contributed by atoms with van der Waals surface area (Å²) in [7, 11) is 0. The van der Waals surface area contributed by atoms with Gasteiger partial charge in [-0.2, -0.15) is 13.2 Å². The van der Waals surface area contributed by atoms with Gasteiger partial charge < -0.3 is 11.1 Å². The van der Waals surface area contributed by atoms with E-state index >= 15 is 0 Å². The number of anilines is 2. The zero-order valence-electron chi connectivity index (χ0n) is 22.7. The van der Waals surface area contributed by atoms with Gasteiger partial charge >= 0.3 is 6.18 Å². The molecule has 0 atom stereocenters. The first-order chi connectivity index (χ1) is 20.0. The molecule has 2 aromatic heterocycles. The normalized spacial score (nSPS) is 11.9. The number of alkyl halides is 3. The van der Waals surface area contributed by atoms with E-state index < -0.39 is 17.6 Å². The first kappa shape index (κ1) is 28.8. The summed E-state index contributed by atoms with van der Waals surface area (Å²) in [6.45, 7) is 4.22. The minimum Gasteiger partial charge on any atom is -0.397 e. The maximum Gasteiger partial charge on any atom is 0.417 e. The van der Waals surface area contributed by atoms with Crippen LogP contribution in [0, 0.1) is 0 Å². The van der Waals surface area contributed by atoms with Crippen LogP contribution >= 0.6 is 11.3 Å². The lowest BCUT2D eigenvalue weighted by Gasteiger charge is -2.11. The minimum atomic E-state index is -4.71. The Hall–Kier alpha value is -4.76. The van der Waals surface area contributed by atoms with Gasteiger partial charge in [0.1, 0.15) is 9.71 Å². The van der Waals surface area contributed by atoms with Gasteiger partial charge in [0.05, 0.1) is 16.9 Å². The predicted molar refractivity (Wildman–Crippen MR) is 163 cm³/mol. The number of amides is 1. The number of nitrogens with one attached hydrogen (secondary N) is 1. The summed E-state index contributed by atoms with van der Waals surface area (Å²) in [4.78, 5) is 30.1. The Morgan fingerprint density at radius 3 is 2.24 bits per heavy atom. The van der Waals surface area contributed by atoms with E-state index in [0.29, 0.717) is 22.7 Å². The number of nitrogen functional groups attached to an aromatic ring is 1. The van der Waals surface area contributed by atoms with Crippen molar-refractivity contribution in [2.45, 2.75) is 25.9 Å². The van der Waals surface area contributed by atoms with Crippen molar-refractivity contribution in [3.8, 4) is 11.3 Å². The number of hydrogen-bond acceptors (Lipinski definition) is 5. The van der Waals surface area contributed by atoms with Crippen LogP contribution in [0.1, 0.15) is 56.5 Å². The van der Waals surface area contributed by atoms with Gasteiger partial charge in [-0.15, -0.1) is 11.3 Å². The molecule has 0 radical (unpaired) electrons. The molecule has 0 bridgehead atoms. The molecule has 0 unspecified atom stereocenters. The van der Waals surface area contributed by atoms with Gasteiger partial charge in [-0.3, -0.25) is 9.59 Å². The summed E-state index contributed by atoms with van der Waals surface area (Å²) in [6, 6.07) is 23.6. The van der Waals surface area contributed by atoms with Crippen LogP contribution in [-0.2, 0) is 6.18 Å². The average molecular weight is 586 g/mol. The second kappa shape index (κ2) is 11.6. The summed E-state index contributed by atoms with van der Waals surface area (Å²) in [5.74, 6) is -0.469. The van der Waals surface area contributed by atoms with Crippen molar-refractivity contribution in [1.82, 2.24) is 4.98 Å². The molecule has 3 aromatic carbocycles. The van der Waals surface area contributed by atoms with E-state index in [2.05, 4.69) is 24.1 Å². The van der Waals surface area contributed by atoms with E-state index in [0.717, 1.165) is 23.0 Å². The molecular weight excluding hydrogens is 559 g/mol. The molecule has 1 amide bonds. The zero-order chi connectivity index (χ0) is 30.0. The van der Waals surface area contributed by atoms with Crippen LogP contribution in [-0.4, -0.2) is 16.7 Å². The quantitative estimate of drug-likeness (QED) is 0.148. The number of nitrogens with two attached hydrogens (primary N) is 1. The lowest BCUT2D eigenvalue weighted by molar-refractivity contribution is -0.136. The first-order valence-corrected chi connectivity index (χ1v) is 13.9. The highest BCUT2D eigenvalue weighted by molar-refractivity contribution is 7.21. The molecule has 2 heterocycles. The Morgan fingerprint density at radius 2 is 1.62 bits per heavy atom. The molecule has 0 aliphatic carbocycles. The number of aromatic nitrogens is 1. The molecule has 0 saturated heterocycles. The fourth-order valence-corrected chi connectivity index (χ4v) is 5.45. The topological polar surface area (TPSA) is 85.1 Å². The molecular formula is C33H26F3N3O2S. The number of benzene rings is 3. The highest BCUT2D eigenvalue weighted by atomic mass is 32.1. The van der Waals surface area contributed by atoms with Gasteiger partial charge in [-0.05, 0) is 53.5 Å². The standard InChI is InChI=1S/C33H26F3N3O2S/c1-19(2)21-11-8-20(9-12-21)10-17-27(40)23-13-15-24(16-14-23)38-31(41)30-29(37)28-25(33(34,35)36)18-26(39-32(28)42-30)22-6-4-3-5-7-22/h3-19H,37H2,1-2H3,(H,38,41). The largest absolute Gasteiger partial charge is 0.417 e. The SMILES string of the molecule is CC(C)c1ccc(C=CC(=O)c2ccc(NC(=O)c3sc4nc(-c5ccccc5)cc(C(F)(F)F)c4c3N)cc2)cc1. The molecule has 0 fully saturated rings. The second-order valence-corrected chi connectivity index (χ2v) is 11.0. The molecule has 0 aliphatic heterocycles. The Kier molecular flexibility index (Phi) is 7.95. The zero-order valence-corrected chi connectivity index (χ0v) is 23.5. The van der Waals surface area contributed by atoms with Crippen LogP contribution in [0.5, 0.6) is 0 Å². The summed E-state index contributed by atoms with van der Waals surface area (Å²) < 4.78 is 42.1. The van der Waals surface area contributed by atoms with E-state index in [-0.39, 0.29) is 32.3 Å². The van der Waals surface area contributed by atoms with E-state index in [1.54, 1.807) is 60.7 Å². The van der Waals surface area contributed by atoms with Crippen molar-refractivity contribution >= 4 is 50.7 Å². The molecule has 0 aliphatic rings. The van der Waals surface area contributed by atoms with E-state index in [4.69, 9.17) is 5.73 Å². The van der Waals surface area contributed by atoms with Crippen LogP contribution in [0.25, 0.3) is 27.6 Å². The van der Waals surface area contributed by atoms with Crippen molar-refractivity contribution < 1.29 is 22.8 Å². The minimum absolute atomic E-state index is 0.0119. The van der Waals surface area contributed by atoms with Gasteiger partial charge in [-0.25, -0.2) is 4.98 Å². The maximum absolute atomic E-state index is 14.0. The van der Waals surface area contributed by atoms with Crippen molar-refractivity contribution in [2.75, 3.05) is 11.1 Å². The van der Waals surface area contributed by atoms with Crippen LogP contribution in [0.15, 0.2) is 91.0 Å². The van der Waals surface area contributed by atoms with Crippen molar-refractivity contribution in [1.29, 1.82) is 0 Å². The predicted octanol–water partition coefficient (Wildman–Crippen LogP) is 8.84. The number of carbonyl (C=O) groups is 2. The maximum atomic E-state index is 14.0. The monoisotopic (exact) mass is 585 g/mol. The molecule has 5 aromatic rings. The smallest absolute Gasteiger partial charge is 0.397 e. The van der Waals surface area contributed by atoms with Gasteiger partial charge in [0.15, 0.2) is 5.78 Å². The number of ketones is 1. The second-order valence-electron chi connectivity index (χ2n) is 9.99. The van der Waals surface area contributed by atoms with E-state index in [1.807, 2.05) is 24.3 Å². The number of fused-ring (bicyclic) bond motifs is 1. The Labute approximate surface area is 244 Å². The van der Waals surface area contributed by atoms with Gasteiger partial charge in [0.25, 0.3) is 5.91 Å². The number of rotatable bonds is 7. The van der Waals surface area contributed by atoms with Gasteiger partial charge in [0.2, 0.25) is 0 Å². The van der Waals surface area contributed by atoms with Crippen LogP contribution < -0.4 is 11.1 Å². The fourth-order valence-electron chi connectivity index (χ4n) is 4.44. The molecule has 42 heavy (non-hydrogen) atoms. The summed E-state index contributed by atoms with van der Waals surface area (Å²) in [6.07, 6.45) is -1.49. The third kappa shape index (κ3) is 6.11. The molecule has 5 rings (SSSR count). The number of nitrogens with zero attached hydrogens (tertiary/aromatic N) is 1. The molecule has 212 valence electrons. The number of halogens is 3. The molecule has 3 N–H and O–H groups in total. The lowest BCUT2D eigenvalue weighted by Crippen LogP contribution is -2.12. The van der Waals surface area contributed by atoms with E-state index in [1.165, 1.54) is 11.6 Å². The highest BCUT2D eigenvalue weighted by Crippen LogP contribution is 2.43. The van der Waals surface area contributed by atoms with Crippen molar-refractivity contribution in [3.05, 3.63) is 118 Å². The summed E-state index contributed by atoms with van der Waals surface area (Å²) in [5, 5.41) is 2.35. The number of thiophene rings is 1. The van der Waals surface area contributed by atoms with Gasteiger partial charge in [-0.1, -0.05) is 74.5 Å². The Morgan fingerprint density at radius 1 is 0.952 bits per heavy atom. The average Bonchev–Trinajstić information content (AvgIpc) is 3.32. The van der Waals surface area contributed by atoms with Gasteiger partial charge in [0, 0.05) is 22.2 Å². The number of pyridine rings is 1. The third-order valence-electron chi connectivity index (χ3n) is 6.74. The van der Waals surface area contributed by atoms with E-state index in [9.17, 15) is 22.8 Å². The lowest BCUT2D eigenvalue weighted by atomic mass is 10.0. The first-order valence-electron chi connectivity index (χ1n) is 13.1. The highest BCUT2D eigenvalue weighted by Gasteiger charge is 2.36. The number of allylic oxidation sites excluding steroid dienone is 1. The summed E-state index contributed by atoms with van der Waals surface area (Å²) >= 11 is 0.794. The Bertz CT molecular complexity index is 1790. The summed E-state index contributed by atoms with van der Waals surface area (Å²) in [5.41, 5.74) is 8.39. The molecule has 0 saturated carbocycles.